The van der Waals surface area contributed by atoms with Gasteiger partial charge in [-0.3, -0.25) is 4.79 Å². The fraction of sp³-hybridized carbons (Fsp3) is 0.923. The van der Waals surface area contributed by atoms with Gasteiger partial charge < -0.3 is 10.2 Å². The van der Waals surface area contributed by atoms with E-state index in [9.17, 15) is 4.79 Å². The zero-order valence-corrected chi connectivity index (χ0v) is 11.0. The van der Waals surface area contributed by atoms with Crippen molar-refractivity contribution in [2.75, 3.05) is 26.2 Å². The van der Waals surface area contributed by atoms with Crippen molar-refractivity contribution in [1.29, 1.82) is 0 Å². The van der Waals surface area contributed by atoms with E-state index in [1.165, 1.54) is 12.8 Å². The molecule has 3 nitrogen and oxygen atoms in total. The van der Waals surface area contributed by atoms with Crippen LogP contribution in [0.3, 0.4) is 0 Å². The largest absolute Gasteiger partial charge is 0.342 e. The van der Waals surface area contributed by atoms with Crippen LogP contribution in [0.1, 0.15) is 40.0 Å². The lowest BCUT2D eigenvalue weighted by atomic mass is 9.87. The lowest BCUT2D eigenvalue weighted by Crippen LogP contribution is -2.43. The van der Waals surface area contributed by atoms with Crippen molar-refractivity contribution in [3.63, 3.8) is 0 Å². The number of hydrogen-bond donors (Lipinski definition) is 1. The van der Waals surface area contributed by atoms with Gasteiger partial charge in [-0.05, 0) is 37.6 Å². The molecule has 16 heavy (non-hydrogen) atoms. The van der Waals surface area contributed by atoms with Crippen LogP contribution in [0.2, 0.25) is 0 Å². The average Bonchev–Trinajstić information content (AvgIpc) is 2.29. The summed E-state index contributed by atoms with van der Waals surface area (Å²) in [6, 6.07) is 0. The molecule has 0 aromatic carbocycles. The Kier molecular flexibility index (Phi) is 5.81. The van der Waals surface area contributed by atoms with Crippen LogP contribution in [0, 0.1) is 11.8 Å². The first-order valence-corrected chi connectivity index (χ1v) is 6.63. The van der Waals surface area contributed by atoms with E-state index in [4.69, 9.17) is 0 Å². The molecule has 0 saturated carbocycles. The average molecular weight is 226 g/mol. The first kappa shape index (κ1) is 13.5. The lowest BCUT2D eigenvalue weighted by Gasteiger charge is -2.34. The molecular weight excluding hydrogens is 200 g/mol. The number of hydrogen-bond acceptors (Lipinski definition) is 2. The van der Waals surface area contributed by atoms with Crippen molar-refractivity contribution in [1.82, 2.24) is 10.2 Å². The number of nitrogens with zero attached hydrogens (tertiary/aromatic N) is 1. The first-order valence-electron chi connectivity index (χ1n) is 6.63. The third kappa shape index (κ3) is 4.12. The van der Waals surface area contributed by atoms with Crippen LogP contribution in [-0.2, 0) is 4.79 Å². The van der Waals surface area contributed by atoms with E-state index in [2.05, 4.69) is 26.1 Å². The van der Waals surface area contributed by atoms with Crippen LogP contribution in [-0.4, -0.2) is 37.0 Å². The van der Waals surface area contributed by atoms with E-state index in [1.54, 1.807) is 0 Å². The highest BCUT2D eigenvalue weighted by Crippen LogP contribution is 2.24. The van der Waals surface area contributed by atoms with Crippen LogP contribution >= 0.6 is 0 Å². The Labute approximate surface area is 99.6 Å². The standard InChI is InChI=1S/C13H26N2O/c1-4-7-14-10-13(16)15-8-5-12(6-9-15)11(2)3/h11-12,14H,4-10H2,1-3H3. The van der Waals surface area contributed by atoms with Crippen LogP contribution in [0.5, 0.6) is 0 Å². The van der Waals surface area contributed by atoms with Gasteiger partial charge in [-0.1, -0.05) is 20.8 Å². The molecule has 1 aliphatic rings. The van der Waals surface area contributed by atoms with Crippen molar-refractivity contribution in [3.8, 4) is 0 Å². The van der Waals surface area contributed by atoms with Gasteiger partial charge in [-0.2, -0.15) is 0 Å². The number of carbonyl (C=O) groups excluding carboxylic acids is 1. The van der Waals surface area contributed by atoms with Gasteiger partial charge in [0.25, 0.3) is 0 Å². The van der Waals surface area contributed by atoms with Crippen LogP contribution in [0.25, 0.3) is 0 Å². The van der Waals surface area contributed by atoms with Crippen molar-refractivity contribution in [2.45, 2.75) is 40.0 Å². The van der Waals surface area contributed by atoms with Crippen LogP contribution < -0.4 is 5.32 Å². The van der Waals surface area contributed by atoms with E-state index in [0.717, 1.165) is 37.9 Å². The Morgan fingerprint density at radius 2 is 2.00 bits per heavy atom. The summed E-state index contributed by atoms with van der Waals surface area (Å²) in [6.07, 6.45) is 3.44. The molecule has 1 fully saturated rings. The van der Waals surface area contributed by atoms with Crippen molar-refractivity contribution in [3.05, 3.63) is 0 Å². The van der Waals surface area contributed by atoms with E-state index < -0.39 is 0 Å². The summed E-state index contributed by atoms with van der Waals surface area (Å²) in [7, 11) is 0. The number of rotatable bonds is 5. The molecule has 0 aromatic heterocycles. The third-order valence-corrected chi connectivity index (χ3v) is 3.54. The summed E-state index contributed by atoms with van der Waals surface area (Å²) in [5.41, 5.74) is 0. The molecule has 0 bridgehead atoms. The molecule has 0 unspecified atom stereocenters. The van der Waals surface area contributed by atoms with E-state index in [-0.39, 0.29) is 5.91 Å². The van der Waals surface area contributed by atoms with E-state index >= 15 is 0 Å². The molecule has 3 heteroatoms. The molecule has 1 amide bonds. The van der Waals surface area contributed by atoms with Gasteiger partial charge in [-0.25, -0.2) is 0 Å². The second-order valence-corrected chi connectivity index (χ2v) is 5.14. The van der Waals surface area contributed by atoms with Gasteiger partial charge in [0.1, 0.15) is 0 Å². The smallest absolute Gasteiger partial charge is 0.236 e. The molecular formula is C13H26N2O. The molecule has 1 aliphatic heterocycles. The number of nitrogens with one attached hydrogen (secondary N) is 1. The van der Waals surface area contributed by atoms with Gasteiger partial charge >= 0.3 is 0 Å². The lowest BCUT2D eigenvalue weighted by molar-refractivity contribution is -0.131. The maximum absolute atomic E-state index is 11.8. The minimum atomic E-state index is 0.274. The molecule has 1 N–H and O–H groups in total. The fourth-order valence-electron chi connectivity index (χ4n) is 2.30. The highest BCUT2D eigenvalue weighted by atomic mass is 16.2. The molecule has 1 rings (SSSR count). The molecule has 1 heterocycles. The fourth-order valence-corrected chi connectivity index (χ4v) is 2.30. The van der Waals surface area contributed by atoms with Crippen molar-refractivity contribution < 1.29 is 4.79 Å². The SMILES string of the molecule is CCCNCC(=O)N1CCC(C(C)C)CC1. The van der Waals surface area contributed by atoms with Gasteiger partial charge in [0, 0.05) is 13.1 Å². The zero-order valence-electron chi connectivity index (χ0n) is 11.0. The molecule has 0 radical (unpaired) electrons. The Morgan fingerprint density at radius 1 is 1.38 bits per heavy atom. The van der Waals surface area contributed by atoms with Gasteiger partial charge in [0.2, 0.25) is 5.91 Å². The van der Waals surface area contributed by atoms with Crippen molar-refractivity contribution in [2.24, 2.45) is 11.8 Å². The van der Waals surface area contributed by atoms with E-state index in [0.29, 0.717) is 6.54 Å². The van der Waals surface area contributed by atoms with Crippen LogP contribution in [0.15, 0.2) is 0 Å². The number of carbonyl (C=O) groups is 1. The van der Waals surface area contributed by atoms with E-state index in [1.807, 2.05) is 4.90 Å². The van der Waals surface area contributed by atoms with Gasteiger partial charge in [0.05, 0.1) is 6.54 Å². The highest BCUT2D eigenvalue weighted by Gasteiger charge is 2.23. The topological polar surface area (TPSA) is 32.3 Å². The molecule has 0 atom stereocenters. The molecule has 0 aliphatic carbocycles. The zero-order chi connectivity index (χ0) is 12.0. The quantitative estimate of drug-likeness (QED) is 0.726. The number of piperidine rings is 1. The molecule has 0 spiro atoms. The van der Waals surface area contributed by atoms with Gasteiger partial charge in [-0.15, -0.1) is 0 Å². The second-order valence-electron chi connectivity index (χ2n) is 5.14. The molecule has 0 aromatic rings. The summed E-state index contributed by atoms with van der Waals surface area (Å²) in [5.74, 6) is 1.85. The number of likely N-dealkylation sites (tertiary alicyclic amines) is 1. The summed E-state index contributed by atoms with van der Waals surface area (Å²) in [5, 5.41) is 3.17. The summed E-state index contributed by atoms with van der Waals surface area (Å²) in [4.78, 5) is 13.8. The number of amides is 1. The van der Waals surface area contributed by atoms with Gasteiger partial charge in [0.15, 0.2) is 0 Å². The summed E-state index contributed by atoms with van der Waals surface area (Å²) >= 11 is 0. The monoisotopic (exact) mass is 226 g/mol. The Hall–Kier alpha value is -0.570. The minimum Gasteiger partial charge on any atom is -0.342 e. The second kappa shape index (κ2) is 6.89. The normalized spacial score (nSPS) is 18.1. The summed E-state index contributed by atoms with van der Waals surface area (Å²) in [6.45, 7) is 10.0. The predicted octanol–water partition coefficient (Wildman–Crippen LogP) is 1.88. The summed E-state index contributed by atoms with van der Waals surface area (Å²) < 4.78 is 0. The third-order valence-electron chi connectivity index (χ3n) is 3.54. The van der Waals surface area contributed by atoms with Crippen LogP contribution in [0.4, 0.5) is 0 Å². The maximum atomic E-state index is 11.8. The Balaban J connectivity index is 2.22. The Morgan fingerprint density at radius 3 is 2.50 bits per heavy atom. The molecule has 94 valence electrons. The highest BCUT2D eigenvalue weighted by molar-refractivity contribution is 5.78. The molecule has 1 saturated heterocycles. The first-order chi connectivity index (χ1) is 7.65. The Bertz CT molecular complexity index is 208. The predicted molar refractivity (Wildman–Crippen MR) is 67.3 cm³/mol. The maximum Gasteiger partial charge on any atom is 0.236 e. The van der Waals surface area contributed by atoms with Crippen molar-refractivity contribution >= 4 is 5.91 Å². The minimum absolute atomic E-state index is 0.274.